The van der Waals surface area contributed by atoms with E-state index in [2.05, 4.69) is 31.9 Å². The van der Waals surface area contributed by atoms with Crippen LogP contribution < -0.4 is 0 Å². The molecule has 23 heavy (non-hydrogen) atoms. The molecule has 0 radical (unpaired) electrons. The first-order chi connectivity index (χ1) is 10.7. The third-order valence-electron chi connectivity index (χ3n) is 3.77. The van der Waals surface area contributed by atoms with Gasteiger partial charge in [0.15, 0.2) is 0 Å². The molecule has 5 nitrogen and oxygen atoms in total. The Morgan fingerprint density at radius 3 is 2.48 bits per heavy atom. The predicted octanol–water partition coefficient (Wildman–Crippen LogP) is 3.09. The second-order valence-corrected chi connectivity index (χ2v) is 9.49. The molecule has 1 aliphatic rings. The molecule has 1 heterocycles. The Bertz CT molecular complexity index is 692. The average Bonchev–Trinajstić information content (AvgIpc) is 2.75. The van der Waals surface area contributed by atoms with E-state index in [-0.39, 0.29) is 16.7 Å². The van der Waals surface area contributed by atoms with Crippen molar-refractivity contribution in [3.63, 3.8) is 0 Å². The van der Waals surface area contributed by atoms with Crippen LogP contribution in [-0.2, 0) is 14.8 Å². The van der Waals surface area contributed by atoms with Gasteiger partial charge in [0.05, 0.1) is 4.90 Å². The Hall–Kier alpha value is -0.440. The van der Waals surface area contributed by atoms with Crippen LogP contribution in [0.15, 0.2) is 32.0 Å². The summed E-state index contributed by atoms with van der Waals surface area (Å²) in [6.07, 6.45) is 0.642. The molecule has 1 aromatic rings. The van der Waals surface area contributed by atoms with E-state index in [1.807, 2.05) is 13.8 Å². The van der Waals surface area contributed by atoms with Crippen molar-refractivity contribution in [1.29, 1.82) is 0 Å². The monoisotopic (exact) mass is 466 g/mol. The Morgan fingerprint density at radius 1 is 1.13 bits per heavy atom. The minimum atomic E-state index is -3.59. The highest BCUT2D eigenvalue weighted by atomic mass is 79.9. The van der Waals surface area contributed by atoms with Crippen molar-refractivity contribution in [3.05, 3.63) is 27.1 Å². The molecule has 0 bridgehead atoms. The van der Waals surface area contributed by atoms with Gasteiger partial charge >= 0.3 is 0 Å². The molecule has 128 valence electrons. The Kier molecular flexibility index (Phi) is 6.27. The lowest BCUT2D eigenvalue weighted by atomic mass is 10.2. The molecule has 1 aliphatic heterocycles. The standard InChI is InChI=1S/C15H20Br2N2O3S/c1-11(2)15(20)18-6-3-7-19(9-8-18)23(21,22)14-10-12(16)4-5-13(14)17/h4-5,10-11H,3,6-9H2,1-2H3. The van der Waals surface area contributed by atoms with Crippen molar-refractivity contribution >= 4 is 47.8 Å². The van der Waals surface area contributed by atoms with Gasteiger partial charge in [0, 0.05) is 41.0 Å². The zero-order valence-corrected chi connectivity index (χ0v) is 17.1. The summed E-state index contributed by atoms with van der Waals surface area (Å²) < 4.78 is 28.5. The molecular weight excluding hydrogens is 448 g/mol. The van der Waals surface area contributed by atoms with Crippen LogP contribution >= 0.6 is 31.9 Å². The summed E-state index contributed by atoms with van der Waals surface area (Å²) >= 11 is 6.63. The van der Waals surface area contributed by atoms with Gasteiger partial charge in [-0.15, -0.1) is 0 Å². The molecular formula is C15H20Br2N2O3S. The summed E-state index contributed by atoms with van der Waals surface area (Å²) in [5, 5.41) is 0. The minimum absolute atomic E-state index is 0.0719. The SMILES string of the molecule is CC(C)C(=O)N1CCCN(S(=O)(=O)c2cc(Br)ccc2Br)CC1. The van der Waals surface area contributed by atoms with Gasteiger partial charge in [-0.3, -0.25) is 4.79 Å². The molecule has 1 aromatic carbocycles. The molecule has 8 heteroatoms. The molecule has 0 aromatic heterocycles. The number of amides is 1. The van der Waals surface area contributed by atoms with Crippen LogP contribution in [0.2, 0.25) is 0 Å². The van der Waals surface area contributed by atoms with Crippen LogP contribution in [0.1, 0.15) is 20.3 Å². The van der Waals surface area contributed by atoms with Crippen molar-refractivity contribution in [2.75, 3.05) is 26.2 Å². The predicted molar refractivity (Wildman–Crippen MR) is 96.6 cm³/mol. The average molecular weight is 468 g/mol. The van der Waals surface area contributed by atoms with Gasteiger partial charge in [0.25, 0.3) is 0 Å². The molecule has 0 N–H and O–H groups in total. The lowest BCUT2D eigenvalue weighted by molar-refractivity contribution is -0.134. The smallest absolute Gasteiger partial charge is 0.244 e. The number of sulfonamides is 1. The van der Waals surface area contributed by atoms with E-state index in [0.29, 0.717) is 41.5 Å². The zero-order valence-electron chi connectivity index (χ0n) is 13.1. The van der Waals surface area contributed by atoms with Crippen molar-refractivity contribution in [2.24, 2.45) is 5.92 Å². The highest BCUT2D eigenvalue weighted by molar-refractivity contribution is 9.11. The maximum absolute atomic E-state index is 12.9. The van der Waals surface area contributed by atoms with Gasteiger partial charge in [-0.05, 0) is 40.5 Å². The summed E-state index contributed by atoms with van der Waals surface area (Å²) in [6.45, 7) is 5.49. The van der Waals surface area contributed by atoms with Gasteiger partial charge in [0.2, 0.25) is 15.9 Å². The Morgan fingerprint density at radius 2 is 1.83 bits per heavy atom. The fourth-order valence-electron chi connectivity index (χ4n) is 2.53. The number of halogens is 2. The van der Waals surface area contributed by atoms with Gasteiger partial charge < -0.3 is 4.90 Å². The van der Waals surface area contributed by atoms with E-state index in [0.717, 1.165) is 0 Å². The molecule has 1 saturated heterocycles. The lowest BCUT2D eigenvalue weighted by Gasteiger charge is -2.23. The van der Waals surface area contributed by atoms with Crippen LogP contribution in [0.5, 0.6) is 0 Å². The molecule has 1 fully saturated rings. The van der Waals surface area contributed by atoms with E-state index in [4.69, 9.17) is 0 Å². The summed E-state index contributed by atoms with van der Waals surface area (Å²) in [7, 11) is -3.59. The highest BCUT2D eigenvalue weighted by Crippen LogP contribution is 2.28. The largest absolute Gasteiger partial charge is 0.341 e. The van der Waals surface area contributed by atoms with E-state index in [1.54, 1.807) is 23.1 Å². The number of hydrogen-bond donors (Lipinski definition) is 0. The van der Waals surface area contributed by atoms with Crippen LogP contribution in [0.25, 0.3) is 0 Å². The summed E-state index contributed by atoms with van der Waals surface area (Å²) in [6, 6.07) is 5.10. The van der Waals surface area contributed by atoms with Crippen molar-refractivity contribution in [1.82, 2.24) is 9.21 Å². The second-order valence-electron chi connectivity index (χ2n) is 5.81. The van der Waals surface area contributed by atoms with Gasteiger partial charge in [0.1, 0.15) is 0 Å². The fourth-order valence-corrected chi connectivity index (χ4v) is 5.47. The van der Waals surface area contributed by atoms with Crippen molar-refractivity contribution < 1.29 is 13.2 Å². The van der Waals surface area contributed by atoms with Crippen LogP contribution in [0, 0.1) is 5.92 Å². The first kappa shape index (κ1) is 18.9. The van der Waals surface area contributed by atoms with Crippen LogP contribution in [0.3, 0.4) is 0 Å². The number of carbonyl (C=O) groups excluding carboxylic acids is 1. The van der Waals surface area contributed by atoms with Gasteiger partial charge in [-0.2, -0.15) is 4.31 Å². The molecule has 0 spiro atoms. The first-order valence-electron chi connectivity index (χ1n) is 7.47. The van der Waals surface area contributed by atoms with E-state index < -0.39 is 10.0 Å². The Balaban J connectivity index is 2.21. The summed E-state index contributed by atoms with van der Waals surface area (Å²) in [5.74, 6) is 0.00487. The number of hydrogen-bond acceptors (Lipinski definition) is 3. The topological polar surface area (TPSA) is 57.7 Å². The van der Waals surface area contributed by atoms with Crippen molar-refractivity contribution in [2.45, 2.75) is 25.2 Å². The molecule has 0 aliphatic carbocycles. The minimum Gasteiger partial charge on any atom is -0.341 e. The maximum Gasteiger partial charge on any atom is 0.244 e. The third kappa shape index (κ3) is 4.35. The number of nitrogens with zero attached hydrogens (tertiary/aromatic N) is 2. The summed E-state index contributed by atoms with van der Waals surface area (Å²) in [4.78, 5) is 14.1. The quantitative estimate of drug-likeness (QED) is 0.686. The van der Waals surface area contributed by atoms with Gasteiger partial charge in [-0.1, -0.05) is 29.8 Å². The van der Waals surface area contributed by atoms with E-state index in [9.17, 15) is 13.2 Å². The normalized spacial score (nSPS) is 17.3. The van der Waals surface area contributed by atoms with Gasteiger partial charge in [-0.25, -0.2) is 8.42 Å². The van der Waals surface area contributed by atoms with Crippen LogP contribution in [0.4, 0.5) is 0 Å². The first-order valence-corrected chi connectivity index (χ1v) is 10.5. The molecule has 2 rings (SSSR count). The molecule has 0 saturated carbocycles. The van der Waals surface area contributed by atoms with E-state index >= 15 is 0 Å². The maximum atomic E-state index is 12.9. The number of carbonyl (C=O) groups is 1. The fraction of sp³-hybridized carbons (Fsp3) is 0.533. The van der Waals surface area contributed by atoms with E-state index in [1.165, 1.54) is 4.31 Å². The van der Waals surface area contributed by atoms with Crippen LogP contribution in [-0.4, -0.2) is 49.7 Å². The zero-order chi connectivity index (χ0) is 17.2. The Labute approximate surface area is 154 Å². The third-order valence-corrected chi connectivity index (χ3v) is 7.16. The van der Waals surface area contributed by atoms with Crippen molar-refractivity contribution in [3.8, 4) is 0 Å². The molecule has 1 amide bonds. The molecule has 0 unspecified atom stereocenters. The lowest BCUT2D eigenvalue weighted by Crippen LogP contribution is -2.39. The number of benzene rings is 1. The number of rotatable bonds is 3. The summed E-state index contributed by atoms with van der Waals surface area (Å²) in [5.41, 5.74) is 0. The molecule has 0 atom stereocenters. The highest BCUT2D eigenvalue weighted by Gasteiger charge is 2.30. The second kappa shape index (κ2) is 7.63.